The second-order valence-corrected chi connectivity index (χ2v) is 13.6. The fourth-order valence-corrected chi connectivity index (χ4v) is 6.92. The van der Waals surface area contributed by atoms with Crippen LogP contribution in [0.2, 0.25) is 0 Å². The number of aromatic nitrogens is 1. The molecule has 1 saturated heterocycles. The van der Waals surface area contributed by atoms with Gasteiger partial charge in [0.15, 0.2) is 15.1 Å². The summed E-state index contributed by atoms with van der Waals surface area (Å²) in [6.45, 7) is 6.63. The van der Waals surface area contributed by atoms with Crippen molar-refractivity contribution in [2.24, 2.45) is 0 Å². The summed E-state index contributed by atoms with van der Waals surface area (Å²) in [5, 5.41) is 12.5. The third-order valence-corrected chi connectivity index (χ3v) is 10.1. The Morgan fingerprint density at radius 1 is 1.24 bits per heavy atom. The average molecular weight is 555 g/mol. The van der Waals surface area contributed by atoms with Gasteiger partial charge in [-0.3, -0.25) is 9.59 Å². The number of hydrogen-bond acceptors (Lipinski definition) is 9. The molecule has 0 radical (unpaired) electrons. The molecule has 1 unspecified atom stereocenters. The summed E-state index contributed by atoms with van der Waals surface area (Å²) in [4.78, 5) is 29.3. The van der Waals surface area contributed by atoms with E-state index >= 15 is 4.39 Å². The molecule has 37 heavy (non-hydrogen) atoms. The molecule has 0 bridgehead atoms. The maximum atomic E-state index is 15.1. The number of carbonyl (C=O) groups excluding carboxylic acids is 2. The second kappa shape index (κ2) is 10.2. The first-order valence-corrected chi connectivity index (χ1v) is 14.6. The Bertz CT molecular complexity index is 1290. The number of nitrogens with one attached hydrogen (secondary N) is 2. The summed E-state index contributed by atoms with van der Waals surface area (Å²) >= 11 is 0.938. The number of aliphatic hydroxyl groups excluding tert-OH is 1. The molecule has 1 atom stereocenters. The van der Waals surface area contributed by atoms with E-state index in [1.807, 2.05) is 27.7 Å². The van der Waals surface area contributed by atoms with Crippen molar-refractivity contribution in [3.63, 3.8) is 0 Å². The maximum Gasteiger partial charge on any atom is 0.497 e. The highest BCUT2D eigenvalue weighted by atomic mass is 32.2. The summed E-state index contributed by atoms with van der Waals surface area (Å²) in [5.74, 6) is -2.42. The maximum absolute atomic E-state index is 15.1. The van der Waals surface area contributed by atoms with Crippen molar-refractivity contribution in [3.05, 3.63) is 23.0 Å². The van der Waals surface area contributed by atoms with Crippen LogP contribution in [0.15, 0.2) is 12.1 Å². The third-order valence-electron chi connectivity index (χ3n) is 6.80. The predicted molar refractivity (Wildman–Crippen MR) is 138 cm³/mol. The number of halogens is 1. The fraction of sp³-hybridized carbons (Fsp3) is 0.609. The van der Waals surface area contributed by atoms with Crippen LogP contribution in [0.4, 0.5) is 4.39 Å². The molecule has 1 aliphatic heterocycles. The molecule has 1 aromatic heterocycles. The third kappa shape index (κ3) is 5.98. The number of sulfone groups is 1. The molecule has 10 nitrogen and oxygen atoms in total. The van der Waals surface area contributed by atoms with E-state index in [1.54, 1.807) is 0 Å². The molecule has 1 aromatic carbocycles. The Morgan fingerprint density at radius 2 is 1.89 bits per heavy atom. The van der Waals surface area contributed by atoms with Crippen molar-refractivity contribution in [1.82, 2.24) is 15.6 Å². The quantitative estimate of drug-likeness (QED) is 0.368. The Morgan fingerprint density at radius 3 is 2.49 bits per heavy atom. The standard InChI is InChI=1S/C23H31BFN3O7S2/c1-22(2)23(3,4)35-24(34-22)14-10-17-16(11-15(14)25)28-21(36-17)19(37(32,33)9-5-8-29)20(31)26-12-18(30)27-13-6-7-13/h10-11,13,19,29H,5-9,12H2,1-4H3,(H,26,31)(H,27,30). The van der Waals surface area contributed by atoms with Gasteiger partial charge in [0.2, 0.25) is 11.8 Å². The summed E-state index contributed by atoms with van der Waals surface area (Å²) < 4.78 is 53.7. The van der Waals surface area contributed by atoms with Gasteiger partial charge in [0.05, 0.1) is 33.7 Å². The van der Waals surface area contributed by atoms with Gasteiger partial charge in [-0.15, -0.1) is 11.3 Å². The SMILES string of the molecule is CC1(C)OB(c2cc3sc(C(C(=O)NCC(=O)NC4CC4)S(=O)(=O)CCCO)nc3cc2F)OC1(C)C. The molecule has 2 amide bonds. The lowest BCUT2D eigenvalue weighted by Gasteiger charge is -2.32. The number of benzene rings is 1. The molecule has 2 fully saturated rings. The summed E-state index contributed by atoms with van der Waals surface area (Å²) in [5.41, 5.74) is -1.05. The van der Waals surface area contributed by atoms with Gasteiger partial charge in [0, 0.05) is 24.2 Å². The van der Waals surface area contributed by atoms with E-state index in [0.717, 1.165) is 30.2 Å². The van der Waals surface area contributed by atoms with Crippen LogP contribution in [-0.2, 0) is 28.7 Å². The van der Waals surface area contributed by atoms with Gasteiger partial charge in [0.1, 0.15) is 10.8 Å². The molecule has 2 aromatic rings. The van der Waals surface area contributed by atoms with Crippen molar-refractivity contribution in [2.75, 3.05) is 18.9 Å². The first-order chi connectivity index (χ1) is 17.2. The van der Waals surface area contributed by atoms with Crippen molar-refractivity contribution in [1.29, 1.82) is 0 Å². The topological polar surface area (TPSA) is 144 Å². The van der Waals surface area contributed by atoms with Crippen LogP contribution in [-0.4, -0.2) is 73.6 Å². The Labute approximate surface area is 219 Å². The number of carbonyl (C=O) groups is 2. The number of rotatable bonds is 10. The predicted octanol–water partition coefficient (Wildman–Crippen LogP) is 0.968. The van der Waals surface area contributed by atoms with Gasteiger partial charge in [-0.2, -0.15) is 0 Å². The van der Waals surface area contributed by atoms with E-state index in [4.69, 9.17) is 14.4 Å². The minimum Gasteiger partial charge on any atom is -0.399 e. The number of aliphatic hydroxyl groups is 1. The van der Waals surface area contributed by atoms with Crippen molar-refractivity contribution in [2.45, 2.75) is 69.5 Å². The smallest absolute Gasteiger partial charge is 0.399 e. The molecular weight excluding hydrogens is 524 g/mol. The lowest BCUT2D eigenvalue weighted by molar-refractivity contribution is -0.126. The zero-order valence-corrected chi connectivity index (χ0v) is 22.8. The average Bonchev–Trinajstić information content (AvgIpc) is 3.46. The molecule has 2 aliphatic rings. The van der Waals surface area contributed by atoms with Crippen LogP contribution in [0.1, 0.15) is 57.2 Å². The van der Waals surface area contributed by atoms with Crippen molar-refractivity contribution in [3.8, 4) is 0 Å². The Kier molecular flexibility index (Phi) is 7.70. The van der Waals surface area contributed by atoms with E-state index in [9.17, 15) is 18.0 Å². The van der Waals surface area contributed by atoms with Crippen LogP contribution in [0.3, 0.4) is 0 Å². The summed E-state index contributed by atoms with van der Waals surface area (Å²) in [7, 11) is -5.08. The summed E-state index contributed by atoms with van der Waals surface area (Å²) in [6, 6.07) is 2.74. The van der Waals surface area contributed by atoms with Crippen LogP contribution in [0, 0.1) is 5.82 Å². The Hall–Kier alpha value is -2.13. The van der Waals surface area contributed by atoms with Crippen molar-refractivity contribution >= 4 is 55.8 Å². The van der Waals surface area contributed by atoms with E-state index in [0.29, 0.717) is 4.70 Å². The second-order valence-electron chi connectivity index (χ2n) is 10.4. The molecule has 0 spiro atoms. The molecule has 3 N–H and O–H groups in total. The molecule has 14 heteroatoms. The van der Waals surface area contributed by atoms with Crippen LogP contribution < -0.4 is 16.1 Å². The first kappa shape index (κ1) is 27.9. The molecule has 2 heterocycles. The monoisotopic (exact) mass is 555 g/mol. The number of nitrogens with zero attached hydrogens (tertiary/aromatic N) is 1. The van der Waals surface area contributed by atoms with Gasteiger partial charge >= 0.3 is 7.12 Å². The zero-order valence-electron chi connectivity index (χ0n) is 21.2. The number of thiazole rings is 1. The van der Waals surface area contributed by atoms with Gasteiger partial charge in [0.25, 0.3) is 0 Å². The minimum absolute atomic E-state index is 0.0569. The van der Waals surface area contributed by atoms with E-state index < -0.39 is 56.8 Å². The highest BCUT2D eigenvalue weighted by Gasteiger charge is 2.52. The molecule has 202 valence electrons. The van der Waals surface area contributed by atoms with Gasteiger partial charge in [-0.1, -0.05) is 0 Å². The van der Waals surface area contributed by atoms with E-state index in [2.05, 4.69) is 15.6 Å². The van der Waals surface area contributed by atoms with Crippen molar-refractivity contribution < 1.29 is 36.8 Å². The minimum atomic E-state index is -4.11. The number of fused-ring (bicyclic) bond motifs is 1. The van der Waals surface area contributed by atoms with Gasteiger partial charge < -0.3 is 25.0 Å². The number of amides is 2. The fourth-order valence-electron chi connectivity index (χ4n) is 3.82. The molecule has 1 saturated carbocycles. The highest BCUT2D eigenvalue weighted by Crippen LogP contribution is 2.38. The first-order valence-electron chi connectivity index (χ1n) is 12.1. The summed E-state index contributed by atoms with van der Waals surface area (Å²) in [6.07, 6.45) is 1.67. The highest BCUT2D eigenvalue weighted by molar-refractivity contribution is 7.92. The Balaban J connectivity index is 1.64. The molecule has 4 rings (SSSR count). The zero-order chi connectivity index (χ0) is 27.2. The lowest BCUT2D eigenvalue weighted by Crippen LogP contribution is -2.41. The largest absolute Gasteiger partial charge is 0.497 e. The van der Waals surface area contributed by atoms with Gasteiger partial charge in [-0.25, -0.2) is 17.8 Å². The number of hydrogen-bond donors (Lipinski definition) is 3. The normalized spacial score (nSPS) is 19.7. The molecular formula is C23H31BFN3O7S2. The van der Waals surface area contributed by atoms with Crippen LogP contribution in [0.25, 0.3) is 10.2 Å². The molecule has 1 aliphatic carbocycles. The van der Waals surface area contributed by atoms with Crippen LogP contribution >= 0.6 is 11.3 Å². The van der Waals surface area contributed by atoms with E-state index in [1.165, 1.54) is 6.07 Å². The van der Waals surface area contributed by atoms with E-state index in [-0.39, 0.29) is 41.6 Å². The lowest BCUT2D eigenvalue weighted by atomic mass is 9.78. The van der Waals surface area contributed by atoms with Crippen LogP contribution in [0.5, 0.6) is 0 Å². The van der Waals surface area contributed by atoms with Gasteiger partial charge in [-0.05, 0) is 53.0 Å².